The largest absolute Gasteiger partial charge is 0.310 e. The predicted octanol–water partition coefficient (Wildman–Crippen LogP) is 0.494. The van der Waals surface area contributed by atoms with E-state index >= 15 is 0 Å². The van der Waals surface area contributed by atoms with Crippen LogP contribution in [0.15, 0.2) is 12.4 Å². The van der Waals surface area contributed by atoms with Crippen LogP contribution in [0.1, 0.15) is 25.7 Å². The van der Waals surface area contributed by atoms with Gasteiger partial charge in [0.05, 0.1) is 12.7 Å². The molecule has 0 bridgehead atoms. The van der Waals surface area contributed by atoms with Crippen LogP contribution in [0.3, 0.4) is 0 Å². The van der Waals surface area contributed by atoms with Crippen molar-refractivity contribution in [2.24, 2.45) is 0 Å². The van der Waals surface area contributed by atoms with Gasteiger partial charge in [-0.15, -0.1) is 5.10 Å². The van der Waals surface area contributed by atoms with Gasteiger partial charge in [-0.3, -0.25) is 9.58 Å². The van der Waals surface area contributed by atoms with Crippen LogP contribution in [-0.2, 0) is 6.54 Å². The first-order valence-corrected chi connectivity index (χ1v) is 6.72. The second-order valence-electron chi connectivity index (χ2n) is 5.25. The molecule has 0 amide bonds. The van der Waals surface area contributed by atoms with Crippen LogP contribution in [0.2, 0.25) is 0 Å². The molecule has 1 aliphatic heterocycles. The molecule has 1 aliphatic carbocycles. The molecule has 2 fully saturated rings. The molecule has 94 valence electrons. The Kier molecular flexibility index (Phi) is 3.38. The van der Waals surface area contributed by atoms with E-state index in [-0.39, 0.29) is 0 Å². The van der Waals surface area contributed by atoms with Crippen LogP contribution < -0.4 is 5.32 Å². The standard InChI is InChI=1S/C12H21N5/c1-2-12(14-11-3-4-11)10-16(6-1)8-9-17-7-5-13-15-17/h5,7,11-12,14H,1-4,6,8-10H2. The number of hydrogen-bond acceptors (Lipinski definition) is 4. The van der Waals surface area contributed by atoms with Crippen molar-refractivity contribution in [2.75, 3.05) is 19.6 Å². The van der Waals surface area contributed by atoms with Gasteiger partial charge in [-0.2, -0.15) is 0 Å². The molecule has 1 saturated heterocycles. The minimum atomic E-state index is 0.715. The maximum absolute atomic E-state index is 4.00. The van der Waals surface area contributed by atoms with Gasteiger partial charge in [0.2, 0.25) is 0 Å². The van der Waals surface area contributed by atoms with Gasteiger partial charge >= 0.3 is 0 Å². The Labute approximate surface area is 102 Å². The van der Waals surface area contributed by atoms with Crippen LogP contribution in [-0.4, -0.2) is 51.6 Å². The molecule has 5 heteroatoms. The zero-order valence-corrected chi connectivity index (χ0v) is 10.3. The molecule has 17 heavy (non-hydrogen) atoms. The normalized spacial score (nSPS) is 26.2. The summed E-state index contributed by atoms with van der Waals surface area (Å²) in [5.74, 6) is 0. The number of rotatable bonds is 5. The van der Waals surface area contributed by atoms with Gasteiger partial charge in [-0.1, -0.05) is 5.21 Å². The third-order valence-corrected chi connectivity index (χ3v) is 3.67. The SMILES string of the molecule is c1cn(CCN2CCCC(NC3CC3)C2)nn1. The number of aromatic nitrogens is 3. The quantitative estimate of drug-likeness (QED) is 0.807. The van der Waals surface area contributed by atoms with E-state index in [2.05, 4.69) is 20.5 Å². The molecule has 0 spiro atoms. The molecule has 1 aromatic rings. The van der Waals surface area contributed by atoms with Crippen molar-refractivity contribution >= 4 is 0 Å². The Bertz CT molecular complexity index is 333. The first kappa shape index (κ1) is 11.2. The zero-order valence-electron chi connectivity index (χ0n) is 10.3. The van der Waals surface area contributed by atoms with Crippen LogP contribution >= 0.6 is 0 Å². The van der Waals surface area contributed by atoms with Crippen molar-refractivity contribution in [3.05, 3.63) is 12.4 Å². The lowest BCUT2D eigenvalue weighted by atomic mass is 10.1. The molecule has 1 aromatic heterocycles. The molecule has 1 atom stereocenters. The molecule has 2 aliphatic rings. The van der Waals surface area contributed by atoms with Gasteiger partial charge in [-0.05, 0) is 32.2 Å². The summed E-state index contributed by atoms with van der Waals surface area (Å²) in [7, 11) is 0. The maximum atomic E-state index is 4.00. The Hall–Kier alpha value is -0.940. The van der Waals surface area contributed by atoms with E-state index in [1.54, 1.807) is 6.20 Å². The topological polar surface area (TPSA) is 46.0 Å². The summed E-state index contributed by atoms with van der Waals surface area (Å²) in [5, 5.41) is 11.6. The highest BCUT2D eigenvalue weighted by atomic mass is 15.4. The lowest BCUT2D eigenvalue weighted by Gasteiger charge is -2.33. The zero-order chi connectivity index (χ0) is 11.5. The summed E-state index contributed by atoms with van der Waals surface area (Å²) in [6, 6.07) is 1.54. The lowest BCUT2D eigenvalue weighted by molar-refractivity contribution is 0.181. The second-order valence-corrected chi connectivity index (χ2v) is 5.25. The van der Waals surface area contributed by atoms with Gasteiger partial charge in [0.1, 0.15) is 0 Å². The van der Waals surface area contributed by atoms with E-state index in [1.165, 1.54) is 38.8 Å². The summed E-state index contributed by atoms with van der Waals surface area (Å²) in [5.41, 5.74) is 0. The van der Waals surface area contributed by atoms with E-state index in [0.29, 0.717) is 6.04 Å². The van der Waals surface area contributed by atoms with Crippen molar-refractivity contribution in [2.45, 2.75) is 44.3 Å². The van der Waals surface area contributed by atoms with Crippen molar-refractivity contribution < 1.29 is 0 Å². The maximum Gasteiger partial charge on any atom is 0.0692 e. The van der Waals surface area contributed by atoms with Crippen LogP contribution in [0.25, 0.3) is 0 Å². The molecule has 2 heterocycles. The number of hydrogen-bond donors (Lipinski definition) is 1. The molecule has 5 nitrogen and oxygen atoms in total. The highest BCUT2D eigenvalue weighted by molar-refractivity contribution is 4.88. The van der Waals surface area contributed by atoms with Crippen LogP contribution in [0.5, 0.6) is 0 Å². The van der Waals surface area contributed by atoms with E-state index in [0.717, 1.165) is 19.1 Å². The Morgan fingerprint density at radius 3 is 2.88 bits per heavy atom. The lowest BCUT2D eigenvalue weighted by Crippen LogP contribution is -2.47. The van der Waals surface area contributed by atoms with Gasteiger partial charge < -0.3 is 5.32 Å². The molecular weight excluding hydrogens is 214 g/mol. The molecular formula is C12H21N5. The number of likely N-dealkylation sites (tertiary alicyclic amines) is 1. The van der Waals surface area contributed by atoms with Crippen LogP contribution in [0.4, 0.5) is 0 Å². The number of piperidine rings is 1. The third-order valence-electron chi connectivity index (χ3n) is 3.67. The fourth-order valence-corrected chi connectivity index (χ4v) is 2.57. The second kappa shape index (κ2) is 5.14. The average Bonchev–Trinajstić information content (AvgIpc) is 3.00. The van der Waals surface area contributed by atoms with Crippen molar-refractivity contribution in [3.63, 3.8) is 0 Å². The van der Waals surface area contributed by atoms with Crippen molar-refractivity contribution in [3.8, 4) is 0 Å². The van der Waals surface area contributed by atoms with E-state index in [1.807, 2.05) is 10.9 Å². The Morgan fingerprint density at radius 1 is 1.18 bits per heavy atom. The number of nitrogens with zero attached hydrogens (tertiary/aromatic N) is 4. The number of nitrogens with one attached hydrogen (secondary N) is 1. The first-order valence-electron chi connectivity index (χ1n) is 6.72. The van der Waals surface area contributed by atoms with E-state index in [9.17, 15) is 0 Å². The average molecular weight is 235 g/mol. The smallest absolute Gasteiger partial charge is 0.0692 e. The summed E-state index contributed by atoms with van der Waals surface area (Å²) < 4.78 is 1.91. The summed E-state index contributed by atoms with van der Waals surface area (Å²) in [4.78, 5) is 2.55. The minimum absolute atomic E-state index is 0.715. The van der Waals surface area contributed by atoms with Gasteiger partial charge in [0.25, 0.3) is 0 Å². The fraction of sp³-hybridized carbons (Fsp3) is 0.833. The highest BCUT2D eigenvalue weighted by Crippen LogP contribution is 2.21. The van der Waals surface area contributed by atoms with Gasteiger partial charge in [0.15, 0.2) is 0 Å². The third kappa shape index (κ3) is 3.26. The monoisotopic (exact) mass is 235 g/mol. The van der Waals surface area contributed by atoms with E-state index in [4.69, 9.17) is 0 Å². The molecule has 1 unspecified atom stereocenters. The highest BCUT2D eigenvalue weighted by Gasteiger charge is 2.27. The Morgan fingerprint density at radius 2 is 2.12 bits per heavy atom. The van der Waals surface area contributed by atoms with Crippen molar-refractivity contribution in [1.29, 1.82) is 0 Å². The summed E-state index contributed by atoms with van der Waals surface area (Å²) in [6.45, 7) is 4.48. The molecule has 0 radical (unpaired) electrons. The van der Waals surface area contributed by atoms with Gasteiger partial charge in [-0.25, -0.2) is 0 Å². The molecule has 1 saturated carbocycles. The van der Waals surface area contributed by atoms with Crippen molar-refractivity contribution in [1.82, 2.24) is 25.2 Å². The minimum Gasteiger partial charge on any atom is -0.310 e. The Balaban J connectivity index is 1.43. The molecule has 0 aromatic carbocycles. The fourth-order valence-electron chi connectivity index (χ4n) is 2.57. The van der Waals surface area contributed by atoms with Crippen LogP contribution in [0, 0.1) is 0 Å². The summed E-state index contributed by atoms with van der Waals surface area (Å²) in [6.07, 6.45) is 9.11. The molecule has 3 rings (SSSR count). The van der Waals surface area contributed by atoms with Gasteiger partial charge in [0, 0.05) is 31.4 Å². The predicted molar refractivity (Wildman–Crippen MR) is 65.6 cm³/mol. The first-order chi connectivity index (χ1) is 8.40. The molecule has 1 N–H and O–H groups in total. The summed E-state index contributed by atoms with van der Waals surface area (Å²) >= 11 is 0. The van der Waals surface area contributed by atoms with E-state index < -0.39 is 0 Å².